The van der Waals surface area contributed by atoms with Crippen LogP contribution < -0.4 is 21.3 Å². The van der Waals surface area contributed by atoms with Crippen molar-refractivity contribution >= 4 is 40.5 Å². The molecule has 7 nitrogen and oxygen atoms in total. The Balaban J connectivity index is 1.81. The van der Waals surface area contributed by atoms with Crippen LogP contribution in [0.5, 0.6) is 0 Å². The van der Waals surface area contributed by atoms with Gasteiger partial charge in [0.05, 0.1) is 6.54 Å². The van der Waals surface area contributed by atoms with Crippen molar-refractivity contribution in [2.24, 2.45) is 5.92 Å². The van der Waals surface area contributed by atoms with Crippen molar-refractivity contribution in [3.63, 3.8) is 0 Å². The van der Waals surface area contributed by atoms with E-state index in [1.165, 1.54) is 6.92 Å². The lowest BCUT2D eigenvalue weighted by Gasteiger charge is -2.10. The van der Waals surface area contributed by atoms with E-state index >= 15 is 0 Å². The Hall–Kier alpha value is -3.35. The van der Waals surface area contributed by atoms with Crippen molar-refractivity contribution in [2.45, 2.75) is 20.8 Å². The molecule has 0 aliphatic carbocycles. The van der Waals surface area contributed by atoms with Gasteiger partial charge in [0.2, 0.25) is 17.7 Å². The summed E-state index contributed by atoms with van der Waals surface area (Å²) in [6.07, 6.45) is 0. The lowest BCUT2D eigenvalue weighted by molar-refractivity contribution is -0.119. The molecule has 0 fully saturated rings. The van der Waals surface area contributed by atoms with Crippen LogP contribution in [0, 0.1) is 5.92 Å². The monoisotopic (exact) mass is 368 g/mol. The number of hydrogen-bond acceptors (Lipinski definition) is 4. The SMILES string of the molecule is CC(=O)Nc1ccc(NC(=O)CNc2ccc(NC(=O)C(C)C)cc2)cc1. The van der Waals surface area contributed by atoms with Gasteiger partial charge in [-0.2, -0.15) is 0 Å². The molecule has 0 bridgehead atoms. The van der Waals surface area contributed by atoms with Crippen LogP contribution in [-0.4, -0.2) is 24.3 Å². The normalized spacial score (nSPS) is 10.2. The van der Waals surface area contributed by atoms with Gasteiger partial charge in [0, 0.05) is 35.6 Å². The fraction of sp³-hybridized carbons (Fsp3) is 0.250. The first-order chi connectivity index (χ1) is 12.8. The minimum absolute atomic E-state index is 0.0420. The zero-order chi connectivity index (χ0) is 19.8. The maximum Gasteiger partial charge on any atom is 0.243 e. The number of nitrogens with one attached hydrogen (secondary N) is 4. The number of amides is 3. The van der Waals surface area contributed by atoms with Crippen LogP contribution in [-0.2, 0) is 14.4 Å². The Morgan fingerprint density at radius 2 is 1.19 bits per heavy atom. The molecule has 0 spiro atoms. The molecule has 7 heteroatoms. The minimum Gasteiger partial charge on any atom is -0.376 e. The molecule has 0 heterocycles. The highest BCUT2D eigenvalue weighted by Gasteiger charge is 2.07. The zero-order valence-electron chi connectivity index (χ0n) is 15.6. The fourth-order valence-corrected chi connectivity index (χ4v) is 2.19. The van der Waals surface area contributed by atoms with Crippen molar-refractivity contribution in [3.05, 3.63) is 48.5 Å². The highest BCUT2D eigenvalue weighted by atomic mass is 16.2. The van der Waals surface area contributed by atoms with Crippen LogP contribution in [0.1, 0.15) is 20.8 Å². The van der Waals surface area contributed by atoms with E-state index in [2.05, 4.69) is 21.3 Å². The minimum atomic E-state index is -0.195. The van der Waals surface area contributed by atoms with E-state index < -0.39 is 0 Å². The topological polar surface area (TPSA) is 99.3 Å². The first-order valence-corrected chi connectivity index (χ1v) is 8.66. The summed E-state index contributed by atoms with van der Waals surface area (Å²) in [7, 11) is 0. The van der Waals surface area contributed by atoms with E-state index in [-0.39, 0.29) is 30.2 Å². The second kappa shape index (κ2) is 9.38. The van der Waals surface area contributed by atoms with Gasteiger partial charge in [0.25, 0.3) is 0 Å². The molecule has 27 heavy (non-hydrogen) atoms. The van der Waals surface area contributed by atoms with Gasteiger partial charge in [-0.1, -0.05) is 13.8 Å². The maximum absolute atomic E-state index is 12.0. The third kappa shape index (κ3) is 6.81. The van der Waals surface area contributed by atoms with Crippen LogP contribution in [0.15, 0.2) is 48.5 Å². The molecule has 2 aromatic carbocycles. The molecular formula is C20H24N4O3. The summed E-state index contributed by atoms with van der Waals surface area (Å²) in [6.45, 7) is 5.20. The summed E-state index contributed by atoms with van der Waals surface area (Å²) >= 11 is 0. The van der Waals surface area contributed by atoms with Crippen LogP contribution in [0.25, 0.3) is 0 Å². The third-order valence-corrected chi connectivity index (χ3v) is 3.62. The van der Waals surface area contributed by atoms with E-state index in [0.717, 1.165) is 5.69 Å². The van der Waals surface area contributed by atoms with Gasteiger partial charge in [-0.05, 0) is 48.5 Å². The highest BCUT2D eigenvalue weighted by molar-refractivity contribution is 5.95. The Labute approximate surface area is 158 Å². The number of rotatable bonds is 7. The van der Waals surface area contributed by atoms with Crippen molar-refractivity contribution in [2.75, 3.05) is 27.8 Å². The molecule has 0 aliphatic rings. The highest BCUT2D eigenvalue weighted by Crippen LogP contribution is 2.15. The number of carbonyl (C=O) groups is 3. The third-order valence-electron chi connectivity index (χ3n) is 3.62. The Morgan fingerprint density at radius 1 is 0.741 bits per heavy atom. The predicted octanol–water partition coefficient (Wildman–Crippen LogP) is 3.29. The summed E-state index contributed by atoms with van der Waals surface area (Å²) in [5, 5.41) is 11.3. The standard InChI is InChI=1S/C20H24N4O3/c1-13(2)20(27)24-18-6-4-15(5-7-18)21-12-19(26)23-17-10-8-16(9-11-17)22-14(3)25/h4-11,13,21H,12H2,1-3H3,(H,22,25)(H,23,26)(H,24,27). The van der Waals surface area contributed by atoms with Gasteiger partial charge in [-0.25, -0.2) is 0 Å². The maximum atomic E-state index is 12.0. The average molecular weight is 368 g/mol. The smallest absolute Gasteiger partial charge is 0.243 e. The lowest BCUT2D eigenvalue weighted by atomic mass is 10.2. The number of hydrogen-bond donors (Lipinski definition) is 4. The molecule has 0 atom stereocenters. The molecule has 0 aliphatic heterocycles. The average Bonchev–Trinajstić information content (AvgIpc) is 2.62. The molecule has 3 amide bonds. The summed E-state index contributed by atoms with van der Waals surface area (Å²) in [5.41, 5.74) is 2.79. The van der Waals surface area contributed by atoms with Crippen LogP contribution in [0.3, 0.4) is 0 Å². The Bertz CT molecular complexity index is 799. The molecule has 0 saturated heterocycles. The van der Waals surface area contributed by atoms with E-state index in [9.17, 15) is 14.4 Å². The van der Waals surface area contributed by atoms with E-state index in [1.54, 1.807) is 48.5 Å². The van der Waals surface area contributed by atoms with Gasteiger partial charge in [0.15, 0.2) is 0 Å². The quantitative estimate of drug-likeness (QED) is 0.603. The molecule has 0 aromatic heterocycles. The van der Waals surface area contributed by atoms with Crippen LogP contribution in [0.4, 0.5) is 22.7 Å². The van der Waals surface area contributed by atoms with E-state index in [0.29, 0.717) is 17.1 Å². The largest absolute Gasteiger partial charge is 0.376 e. The summed E-state index contributed by atoms with van der Waals surface area (Å²) in [4.78, 5) is 34.7. The molecule has 0 saturated carbocycles. The van der Waals surface area contributed by atoms with Gasteiger partial charge in [-0.15, -0.1) is 0 Å². The number of carbonyl (C=O) groups excluding carboxylic acids is 3. The molecule has 4 N–H and O–H groups in total. The zero-order valence-corrected chi connectivity index (χ0v) is 15.6. The molecule has 142 valence electrons. The second-order valence-electron chi connectivity index (χ2n) is 6.38. The van der Waals surface area contributed by atoms with Crippen LogP contribution >= 0.6 is 0 Å². The van der Waals surface area contributed by atoms with Gasteiger partial charge < -0.3 is 21.3 Å². The van der Waals surface area contributed by atoms with Gasteiger partial charge in [-0.3, -0.25) is 14.4 Å². The Kier molecular flexibility index (Phi) is 6.93. The van der Waals surface area contributed by atoms with Crippen molar-refractivity contribution in [1.82, 2.24) is 0 Å². The molecule has 2 rings (SSSR count). The van der Waals surface area contributed by atoms with Crippen LogP contribution in [0.2, 0.25) is 0 Å². The summed E-state index contributed by atoms with van der Waals surface area (Å²) < 4.78 is 0. The van der Waals surface area contributed by atoms with Crippen molar-refractivity contribution < 1.29 is 14.4 Å². The Morgan fingerprint density at radius 3 is 1.67 bits per heavy atom. The van der Waals surface area contributed by atoms with Gasteiger partial charge >= 0.3 is 0 Å². The first kappa shape index (κ1) is 20.0. The number of benzene rings is 2. The molecule has 0 unspecified atom stereocenters. The van der Waals surface area contributed by atoms with E-state index in [1.807, 2.05) is 13.8 Å². The predicted molar refractivity (Wildman–Crippen MR) is 108 cm³/mol. The lowest BCUT2D eigenvalue weighted by Crippen LogP contribution is -2.21. The molecule has 2 aromatic rings. The van der Waals surface area contributed by atoms with Crippen molar-refractivity contribution in [1.29, 1.82) is 0 Å². The summed E-state index contributed by atoms with van der Waals surface area (Å²) in [6, 6.07) is 14.0. The molecular weight excluding hydrogens is 344 g/mol. The first-order valence-electron chi connectivity index (χ1n) is 8.66. The van der Waals surface area contributed by atoms with Crippen molar-refractivity contribution in [3.8, 4) is 0 Å². The molecule has 0 radical (unpaired) electrons. The fourth-order valence-electron chi connectivity index (χ4n) is 2.19. The summed E-state index contributed by atoms with van der Waals surface area (Å²) in [5.74, 6) is -0.469. The van der Waals surface area contributed by atoms with Gasteiger partial charge in [0.1, 0.15) is 0 Å². The van der Waals surface area contributed by atoms with E-state index in [4.69, 9.17) is 0 Å². The second-order valence-corrected chi connectivity index (χ2v) is 6.38. The number of anilines is 4.